The number of anilines is 1. The van der Waals surface area contributed by atoms with E-state index >= 15 is 0 Å². The topological polar surface area (TPSA) is 128 Å². The van der Waals surface area contributed by atoms with Crippen molar-refractivity contribution < 1.29 is 27.8 Å². The van der Waals surface area contributed by atoms with Crippen molar-refractivity contribution in [3.63, 3.8) is 0 Å². The minimum Gasteiger partial charge on any atom is -0.481 e. The number of aliphatic carboxylic acids is 1. The first-order valence-corrected chi connectivity index (χ1v) is 11.2. The van der Waals surface area contributed by atoms with Gasteiger partial charge in [0.25, 0.3) is 0 Å². The average molecular weight is 489 g/mol. The van der Waals surface area contributed by atoms with Crippen LogP contribution in [-0.2, 0) is 16.4 Å². The highest BCUT2D eigenvalue weighted by molar-refractivity contribution is 5.71. The number of hydrogen-bond acceptors (Lipinski definition) is 6. The van der Waals surface area contributed by atoms with Gasteiger partial charge in [0.15, 0.2) is 0 Å². The summed E-state index contributed by atoms with van der Waals surface area (Å²) in [5.74, 6) is -1.92. The van der Waals surface area contributed by atoms with Gasteiger partial charge in [0.1, 0.15) is 11.6 Å². The molecule has 8 nitrogen and oxygen atoms in total. The number of alkyl halides is 3. The third-order valence-corrected chi connectivity index (χ3v) is 7.04. The van der Waals surface area contributed by atoms with Gasteiger partial charge in [0, 0.05) is 24.5 Å². The molecule has 2 aliphatic rings. The van der Waals surface area contributed by atoms with Crippen molar-refractivity contribution in [3.05, 3.63) is 52.0 Å². The number of carboxylic acids is 1. The normalized spacial score (nSPS) is 21.0. The zero-order chi connectivity index (χ0) is 25.7. The number of halogens is 3. The van der Waals surface area contributed by atoms with Gasteiger partial charge in [-0.05, 0) is 49.4 Å². The molecule has 4 rings (SSSR count). The van der Waals surface area contributed by atoms with Crippen molar-refractivity contribution >= 4 is 11.7 Å². The monoisotopic (exact) mass is 489 g/mol. The van der Waals surface area contributed by atoms with Crippen molar-refractivity contribution in [3.8, 4) is 11.9 Å². The Balaban J connectivity index is 1.97. The van der Waals surface area contributed by atoms with Crippen LogP contribution in [0.1, 0.15) is 49.1 Å². The standard InChI is InChI=1S/C24H26F3N5O3/c1-12(2)23(18(11-28)20(29)35-21-19(23)13(3)30-31-21)15-8-16(24(25,26)27)10-17(9-15)32-6-4-14(5-7-32)22(33)34/h8-10,12,14H,4-7,29H2,1-3H3,(H,30,31)(H,33,34). The first-order valence-electron chi connectivity index (χ1n) is 11.2. The molecule has 1 atom stereocenters. The van der Waals surface area contributed by atoms with E-state index in [2.05, 4.69) is 16.3 Å². The fourth-order valence-corrected chi connectivity index (χ4v) is 5.33. The van der Waals surface area contributed by atoms with E-state index in [1.54, 1.807) is 17.9 Å². The zero-order valence-corrected chi connectivity index (χ0v) is 19.5. The molecule has 11 heteroatoms. The summed E-state index contributed by atoms with van der Waals surface area (Å²) in [6, 6.07) is 5.85. The van der Waals surface area contributed by atoms with E-state index in [4.69, 9.17) is 10.5 Å². The molecule has 0 saturated carbocycles. The van der Waals surface area contributed by atoms with E-state index in [0.717, 1.165) is 12.1 Å². The fourth-order valence-electron chi connectivity index (χ4n) is 5.33. The molecular weight excluding hydrogens is 463 g/mol. The van der Waals surface area contributed by atoms with E-state index in [1.165, 1.54) is 0 Å². The molecule has 0 bridgehead atoms. The van der Waals surface area contributed by atoms with E-state index in [1.807, 2.05) is 13.8 Å². The van der Waals surface area contributed by atoms with Gasteiger partial charge < -0.3 is 20.5 Å². The van der Waals surface area contributed by atoms with Crippen LogP contribution < -0.4 is 15.4 Å². The number of nitrogens with two attached hydrogens (primary N) is 1. The second-order valence-corrected chi connectivity index (χ2v) is 9.31. The highest BCUT2D eigenvalue weighted by atomic mass is 19.4. The molecule has 35 heavy (non-hydrogen) atoms. The maximum Gasteiger partial charge on any atom is 0.416 e. The van der Waals surface area contributed by atoms with Crippen molar-refractivity contribution in [2.24, 2.45) is 17.6 Å². The van der Waals surface area contributed by atoms with Gasteiger partial charge >= 0.3 is 12.1 Å². The average Bonchev–Trinajstić information content (AvgIpc) is 3.17. The lowest BCUT2D eigenvalue weighted by molar-refractivity contribution is -0.142. The summed E-state index contributed by atoms with van der Waals surface area (Å²) in [7, 11) is 0. The molecular formula is C24H26F3N5O3. The molecule has 0 aliphatic carbocycles. The molecule has 0 amide bonds. The molecule has 0 spiro atoms. The molecule has 1 aromatic carbocycles. The molecule has 186 valence electrons. The van der Waals surface area contributed by atoms with Crippen LogP contribution in [0, 0.1) is 30.1 Å². The number of fused-ring (bicyclic) bond motifs is 1. The van der Waals surface area contributed by atoms with Gasteiger partial charge in [-0.25, -0.2) is 0 Å². The number of H-pyrrole nitrogens is 1. The number of rotatable bonds is 4. The Bertz CT molecular complexity index is 1240. The molecule has 1 saturated heterocycles. The Labute approximate surface area is 200 Å². The maximum absolute atomic E-state index is 14.1. The lowest BCUT2D eigenvalue weighted by atomic mass is 9.61. The van der Waals surface area contributed by atoms with E-state index in [9.17, 15) is 28.3 Å². The summed E-state index contributed by atoms with van der Waals surface area (Å²) < 4.78 is 47.9. The van der Waals surface area contributed by atoms with Crippen molar-refractivity contribution in [2.45, 2.75) is 45.2 Å². The van der Waals surface area contributed by atoms with Crippen molar-refractivity contribution in [2.75, 3.05) is 18.0 Å². The first-order chi connectivity index (χ1) is 16.4. The van der Waals surface area contributed by atoms with Gasteiger partial charge in [-0.15, -0.1) is 5.10 Å². The minimum absolute atomic E-state index is 0.0133. The number of aryl methyl sites for hydroxylation is 1. The highest BCUT2D eigenvalue weighted by Gasteiger charge is 2.51. The summed E-state index contributed by atoms with van der Waals surface area (Å²) in [5.41, 5.74) is 5.47. The molecule has 3 heterocycles. The molecule has 0 radical (unpaired) electrons. The van der Waals surface area contributed by atoms with E-state index in [0.29, 0.717) is 42.9 Å². The van der Waals surface area contributed by atoms with Crippen molar-refractivity contribution in [1.82, 2.24) is 10.2 Å². The third kappa shape index (κ3) is 3.87. The zero-order valence-electron chi connectivity index (χ0n) is 19.5. The number of aromatic nitrogens is 2. The summed E-state index contributed by atoms with van der Waals surface area (Å²) in [6.45, 7) is 5.94. The number of benzene rings is 1. The Morgan fingerprint density at radius 1 is 1.34 bits per heavy atom. The molecule has 2 aliphatic heterocycles. The molecule has 4 N–H and O–H groups in total. The van der Waals surface area contributed by atoms with E-state index < -0.39 is 35.0 Å². The Morgan fingerprint density at radius 2 is 2.00 bits per heavy atom. The number of allylic oxidation sites excluding steroid dienone is 1. The largest absolute Gasteiger partial charge is 0.481 e. The van der Waals surface area contributed by atoms with Gasteiger partial charge in [-0.1, -0.05) is 13.8 Å². The number of aromatic amines is 1. The maximum atomic E-state index is 14.1. The lowest BCUT2D eigenvalue weighted by Crippen LogP contribution is -2.42. The Kier molecular flexibility index (Phi) is 5.95. The van der Waals surface area contributed by atoms with Crippen LogP contribution in [0.5, 0.6) is 5.88 Å². The number of carboxylic acid groups (broad SMARTS) is 1. The second-order valence-electron chi connectivity index (χ2n) is 9.31. The summed E-state index contributed by atoms with van der Waals surface area (Å²) >= 11 is 0. The van der Waals surface area contributed by atoms with Crippen molar-refractivity contribution in [1.29, 1.82) is 5.26 Å². The number of piperidine rings is 1. The van der Waals surface area contributed by atoms with Crippen LogP contribution in [0.4, 0.5) is 18.9 Å². The van der Waals surface area contributed by atoms with Crippen LogP contribution in [-0.4, -0.2) is 34.4 Å². The van der Waals surface area contributed by atoms with Crippen LogP contribution in [0.15, 0.2) is 29.7 Å². The fraction of sp³-hybridized carbons (Fsp3) is 0.458. The molecule has 1 aromatic heterocycles. The van der Waals surface area contributed by atoms with E-state index in [-0.39, 0.29) is 22.9 Å². The number of hydrogen-bond donors (Lipinski definition) is 3. The van der Waals surface area contributed by atoms with Crippen LogP contribution in [0.3, 0.4) is 0 Å². The Morgan fingerprint density at radius 3 is 2.54 bits per heavy atom. The summed E-state index contributed by atoms with van der Waals surface area (Å²) in [5, 5.41) is 26.3. The summed E-state index contributed by atoms with van der Waals surface area (Å²) in [6.07, 6.45) is -4.00. The van der Waals surface area contributed by atoms with Gasteiger partial charge in [0.2, 0.25) is 11.8 Å². The highest BCUT2D eigenvalue weighted by Crippen LogP contribution is 2.53. The third-order valence-electron chi connectivity index (χ3n) is 7.04. The molecule has 1 fully saturated rings. The van der Waals surface area contributed by atoms with Gasteiger partial charge in [-0.2, -0.15) is 18.4 Å². The summed E-state index contributed by atoms with van der Waals surface area (Å²) in [4.78, 5) is 13.1. The second kappa shape index (κ2) is 8.52. The first kappa shape index (κ1) is 24.4. The van der Waals surface area contributed by atoms with Crippen LogP contribution >= 0.6 is 0 Å². The predicted octanol–water partition coefficient (Wildman–Crippen LogP) is 4.07. The van der Waals surface area contributed by atoms with Crippen LogP contribution in [0.2, 0.25) is 0 Å². The van der Waals surface area contributed by atoms with Gasteiger partial charge in [0.05, 0.1) is 22.5 Å². The quantitative estimate of drug-likeness (QED) is 0.591. The lowest BCUT2D eigenvalue weighted by Gasteiger charge is -2.42. The minimum atomic E-state index is -4.65. The van der Waals surface area contributed by atoms with Gasteiger partial charge in [-0.3, -0.25) is 9.89 Å². The number of ether oxygens (including phenoxy) is 1. The number of nitrogens with one attached hydrogen (secondary N) is 1. The molecule has 2 aromatic rings. The smallest absolute Gasteiger partial charge is 0.416 e. The number of nitriles is 1. The van der Waals surface area contributed by atoms with Crippen LogP contribution in [0.25, 0.3) is 0 Å². The Hall–Kier alpha value is -3.68. The SMILES string of the molecule is Cc1[nH]nc2c1C(c1cc(N3CCC(C(=O)O)CC3)cc(C(F)(F)F)c1)(C(C)C)C(C#N)=C(N)O2. The number of nitrogens with zero attached hydrogens (tertiary/aromatic N) is 3. The number of carbonyl (C=O) groups is 1. The predicted molar refractivity (Wildman–Crippen MR) is 120 cm³/mol. The molecule has 1 unspecified atom stereocenters.